The van der Waals surface area contributed by atoms with Crippen LogP contribution >= 0.6 is 0 Å². The van der Waals surface area contributed by atoms with Crippen LogP contribution in [-0.2, 0) is 0 Å². The molecule has 0 saturated heterocycles. The fourth-order valence-corrected chi connectivity index (χ4v) is 8.56. The van der Waals surface area contributed by atoms with Crippen molar-refractivity contribution in [3.8, 4) is 90.7 Å². The molecule has 11 aromatic rings. The zero-order chi connectivity index (χ0) is 43.7. The summed E-state index contributed by atoms with van der Waals surface area (Å²) in [7, 11) is 0. The molecular formula is C58H35N7. The van der Waals surface area contributed by atoms with Crippen LogP contribution in [0.2, 0.25) is 0 Å². The van der Waals surface area contributed by atoms with E-state index in [0.717, 1.165) is 94.8 Å². The summed E-state index contributed by atoms with van der Waals surface area (Å²) < 4.78 is 2.27. The fourth-order valence-electron chi connectivity index (χ4n) is 8.56. The maximum absolute atomic E-state index is 10.2. The van der Waals surface area contributed by atoms with Gasteiger partial charge in [-0.25, -0.2) is 24.8 Å². The molecule has 0 N–H and O–H groups in total. The van der Waals surface area contributed by atoms with Crippen LogP contribution in [0.1, 0.15) is 5.56 Å². The molecule has 3 aromatic heterocycles. The molecule has 0 fully saturated rings. The van der Waals surface area contributed by atoms with Crippen LogP contribution in [0.25, 0.3) is 111 Å². The summed E-state index contributed by atoms with van der Waals surface area (Å²) in [5.41, 5.74) is 14.0. The standard InChI is InChI=1S/C58H35N7/c1-60-45-28-30-46(44(32-45)37-59)42-26-29-48-47-24-14-15-25-54(47)65(56(48)34-42)55-31-27-43(57-61-50(38-16-6-2-7-17-38)35-51(62-57)39-18-8-3-9-19-39)33-49(55)58-63-52(40-20-10-4-11-21-40)36-53(64-58)41-22-12-5-13-23-41/h2-36H. The highest BCUT2D eigenvalue weighted by Gasteiger charge is 2.22. The van der Waals surface area contributed by atoms with Crippen LogP contribution < -0.4 is 0 Å². The van der Waals surface area contributed by atoms with Gasteiger partial charge in [0.15, 0.2) is 17.3 Å². The number of nitriles is 1. The molecule has 0 atom stereocenters. The number of benzene rings is 8. The average Bonchev–Trinajstić information content (AvgIpc) is 3.72. The lowest BCUT2D eigenvalue weighted by atomic mass is 9.98. The first kappa shape index (κ1) is 38.6. The van der Waals surface area contributed by atoms with E-state index < -0.39 is 0 Å². The van der Waals surface area contributed by atoms with Gasteiger partial charge in [0.1, 0.15) is 0 Å². The normalized spacial score (nSPS) is 11.0. The summed E-state index contributed by atoms with van der Waals surface area (Å²) in [5.74, 6) is 1.10. The van der Waals surface area contributed by atoms with E-state index in [-0.39, 0.29) is 0 Å². The maximum Gasteiger partial charge on any atom is 0.188 e. The van der Waals surface area contributed by atoms with E-state index in [4.69, 9.17) is 26.5 Å². The molecule has 3 heterocycles. The van der Waals surface area contributed by atoms with E-state index in [2.05, 4.69) is 131 Å². The highest BCUT2D eigenvalue weighted by Crippen LogP contribution is 2.41. The summed E-state index contributed by atoms with van der Waals surface area (Å²) in [6.45, 7) is 7.56. The Hall–Kier alpha value is -9.30. The van der Waals surface area contributed by atoms with Gasteiger partial charge in [-0.15, -0.1) is 0 Å². The second-order valence-corrected chi connectivity index (χ2v) is 15.7. The van der Waals surface area contributed by atoms with Crippen LogP contribution in [-0.4, -0.2) is 24.5 Å². The molecule has 0 spiro atoms. The summed E-state index contributed by atoms with van der Waals surface area (Å²) in [6.07, 6.45) is 0. The van der Waals surface area contributed by atoms with Gasteiger partial charge in [-0.2, -0.15) is 5.26 Å². The summed E-state index contributed by atoms with van der Waals surface area (Å²) in [4.78, 5) is 24.8. The minimum absolute atomic E-state index is 0.423. The van der Waals surface area contributed by atoms with E-state index in [1.807, 2.05) is 84.9 Å². The van der Waals surface area contributed by atoms with E-state index >= 15 is 0 Å². The van der Waals surface area contributed by atoms with Gasteiger partial charge in [-0.3, -0.25) is 0 Å². The Morgan fingerprint density at radius 2 is 0.892 bits per heavy atom. The van der Waals surface area contributed by atoms with Gasteiger partial charge >= 0.3 is 0 Å². The number of aromatic nitrogens is 5. The van der Waals surface area contributed by atoms with Crippen molar-refractivity contribution in [1.29, 1.82) is 5.26 Å². The molecule has 7 nitrogen and oxygen atoms in total. The van der Waals surface area contributed by atoms with Crippen LogP contribution in [0, 0.1) is 17.9 Å². The molecule has 65 heavy (non-hydrogen) atoms. The first-order valence-corrected chi connectivity index (χ1v) is 21.2. The van der Waals surface area contributed by atoms with Crippen molar-refractivity contribution in [3.63, 3.8) is 0 Å². The van der Waals surface area contributed by atoms with Crippen molar-refractivity contribution in [3.05, 3.63) is 229 Å². The number of rotatable bonds is 8. The van der Waals surface area contributed by atoms with Gasteiger partial charge in [0.25, 0.3) is 0 Å². The Labute approximate surface area is 375 Å². The summed E-state index contributed by atoms with van der Waals surface area (Å²) in [6, 6.07) is 73.5. The van der Waals surface area contributed by atoms with Crippen molar-refractivity contribution in [1.82, 2.24) is 24.5 Å². The molecule has 0 amide bonds. The molecule has 0 bridgehead atoms. The molecule has 0 unspecified atom stereocenters. The Kier molecular flexibility index (Phi) is 9.82. The second-order valence-electron chi connectivity index (χ2n) is 15.7. The van der Waals surface area contributed by atoms with Crippen LogP contribution in [0.15, 0.2) is 212 Å². The van der Waals surface area contributed by atoms with Crippen LogP contribution in [0.5, 0.6) is 0 Å². The number of fused-ring (bicyclic) bond motifs is 3. The average molecular weight is 830 g/mol. The highest BCUT2D eigenvalue weighted by atomic mass is 15.0. The molecule has 11 rings (SSSR count). The number of nitrogens with zero attached hydrogens (tertiary/aromatic N) is 7. The minimum atomic E-state index is 0.423. The topological polar surface area (TPSA) is 84.6 Å². The summed E-state index contributed by atoms with van der Waals surface area (Å²) >= 11 is 0. The first-order chi connectivity index (χ1) is 32.1. The Morgan fingerprint density at radius 1 is 0.400 bits per heavy atom. The van der Waals surface area contributed by atoms with Crippen molar-refractivity contribution in [2.75, 3.05) is 0 Å². The Morgan fingerprint density at radius 3 is 1.43 bits per heavy atom. The maximum atomic E-state index is 10.2. The van der Waals surface area contributed by atoms with E-state index in [1.165, 1.54) is 0 Å². The molecule has 7 heteroatoms. The smallest absolute Gasteiger partial charge is 0.188 e. The SMILES string of the molecule is [C-]#[N+]c1ccc(-c2ccc3c4ccccc4n(-c4ccc(-c5nc(-c6ccccc6)cc(-c6ccccc6)n5)cc4-c4nc(-c5ccccc5)cc(-c5ccccc5)n4)c3c2)c(C#N)c1. The Bertz CT molecular complexity index is 3550. The quantitative estimate of drug-likeness (QED) is 0.142. The third-order valence-corrected chi connectivity index (χ3v) is 11.7. The van der Waals surface area contributed by atoms with Gasteiger partial charge in [0.05, 0.1) is 52.1 Å². The molecule has 0 aliphatic carbocycles. The van der Waals surface area contributed by atoms with E-state index in [9.17, 15) is 5.26 Å². The predicted molar refractivity (Wildman–Crippen MR) is 261 cm³/mol. The van der Waals surface area contributed by atoms with Crippen LogP contribution in [0.4, 0.5) is 5.69 Å². The lowest BCUT2D eigenvalue weighted by Gasteiger charge is -2.17. The summed E-state index contributed by atoms with van der Waals surface area (Å²) in [5, 5.41) is 12.4. The molecule has 0 radical (unpaired) electrons. The number of para-hydroxylation sites is 1. The minimum Gasteiger partial charge on any atom is -0.308 e. The Balaban J connectivity index is 1.21. The molecule has 8 aromatic carbocycles. The third-order valence-electron chi connectivity index (χ3n) is 11.7. The highest BCUT2D eigenvalue weighted by molar-refractivity contribution is 6.11. The number of hydrogen-bond acceptors (Lipinski definition) is 5. The molecule has 0 aliphatic heterocycles. The van der Waals surface area contributed by atoms with Crippen molar-refractivity contribution in [2.24, 2.45) is 0 Å². The third kappa shape index (κ3) is 7.26. The largest absolute Gasteiger partial charge is 0.308 e. The van der Waals surface area contributed by atoms with E-state index in [1.54, 1.807) is 12.1 Å². The van der Waals surface area contributed by atoms with Gasteiger partial charge in [0.2, 0.25) is 0 Å². The van der Waals surface area contributed by atoms with E-state index in [0.29, 0.717) is 22.9 Å². The monoisotopic (exact) mass is 829 g/mol. The van der Waals surface area contributed by atoms with Crippen molar-refractivity contribution < 1.29 is 0 Å². The zero-order valence-electron chi connectivity index (χ0n) is 34.8. The lowest BCUT2D eigenvalue weighted by Crippen LogP contribution is -2.03. The predicted octanol–water partition coefficient (Wildman–Crippen LogP) is 14.5. The fraction of sp³-hybridized carbons (Fsp3) is 0. The van der Waals surface area contributed by atoms with Crippen molar-refractivity contribution in [2.45, 2.75) is 0 Å². The van der Waals surface area contributed by atoms with Gasteiger partial charge in [-0.1, -0.05) is 164 Å². The van der Waals surface area contributed by atoms with Gasteiger partial charge in [-0.05, 0) is 59.7 Å². The van der Waals surface area contributed by atoms with Gasteiger partial charge in [0, 0.05) is 49.7 Å². The van der Waals surface area contributed by atoms with Crippen molar-refractivity contribution >= 4 is 27.5 Å². The molecule has 302 valence electrons. The first-order valence-electron chi connectivity index (χ1n) is 21.2. The van der Waals surface area contributed by atoms with Crippen LogP contribution in [0.3, 0.4) is 0 Å². The second kappa shape index (κ2) is 16.5. The van der Waals surface area contributed by atoms with Gasteiger partial charge < -0.3 is 4.57 Å². The molecule has 0 saturated carbocycles. The number of hydrogen-bond donors (Lipinski definition) is 0. The molecular weight excluding hydrogens is 795 g/mol. The lowest BCUT2D eigenvalue weighted by molar-refractivity contribution is 1.13. The zero-order valence-corrected chi connectivity index (χ0v) is 34.8. The molecule has 0 aliphatic rings.